The molecule has 37 heavy (non-hydrogen) atoms. The van der Waals surface area contributed by atoms with Gasteiger partial charge in [0.1, 0.15) is 0 Å². The number of hydrogen-bond acceptors (Lipinski definition) is 4. The van der Waals surface area contributed by atoms with Crippen molar-refractivity contribution in [3.05, 3.63) is 76.0 Å². The molecule has 2 N–H and O–H groups in total. The molecule has 0 aromatic heterocycles. The molecule has 0 spiro atoms. The normalized spacial score (nSPS) is 16.4. The molecule has 2 aromatic carbocycles. The van der Waals surface area contributed by atoms with E-state index >= 15 is 0 Å². The number of rotatable bonds is 5. The number of amides is 1. The van der Waals surface area contributed by atoms with Gasteiger partial charge in [-0.25, -0.2) is 4.79 Å². The quantitative estimate of drug-likeness (QED) is 0.287. The Labute approximate surface area is 213 Å². The van der Waals surface area contributed by atoms with Crippen LogP contribution in [0.2, 0.25) is 0 Å². The molecule has 0 aliphatic carbocycles. The van der Waals surface area contributed by atoms with Crippen LogP contribution in [0.3, 0.4) is 0 Å². The zero-order chi connectivity index (χ0) is 27.7. The van der Waals surface area contributed by atoms with Crippen molar-refractivity contribution >= 4 is 34.9 Å². The number of carbonyl (C=O) groups is 2. The Morgan fingerprint density at radius 1 is 1.03 bits per heavy atom. The largest absolute Gasteiger partial charge is 0.463 e. The number of esters is 1. The van der Waals surface area contributed by atoms with Gasteiger partial charge in [0, 0.05) is 24.0 Å². The van der Waals surface area contributed by atoms with Gasteiger partial charge in [0.2, 0.25) is 0 Å². The van der Waals surface area contributed by atoms with Gasteiger partial charge in [0.15, 0.2) is 5.11 Å². The molecule has 6 nitrogen and oxygen atoms in total. The van der Waals surface area contributed by atoms with Crippen molar-refractivity contribution in [3.8, 4) is 0 Å². The Bertz CT molecular complexity index is 1220. The number of carbonyl (C=O) groups excluding carboxylic acids is 2. The number of benzene rings is 2. The fourth-order valence-corrected chi connectivity index (χ4v) is 3.86. The van der Waals surface area contributed by atoms with Crippen molar-refractivity contribution < 1.29 is 40.7 Å². The predicted molar refractivity (Wildman–Crippen MR) is 126 cm³/mol. The summed E-state index contributed by atoms with van der Waals surface area (Å²) in [7, 11) is 1.68. The maximum atomic E-state index is 13.1. The fourth-order valence-electron chi connectivity index (χ4n) is 3.61. The number of nitrogens with zero attached hydrogens (tertiary/aromatic N) is 1. The Morgan fingerprint density at radius 3 is 2.05 bits per heavy atom. The van der Waals surface area contributed by atoms with Gasteiger partial charge in [-0.15, -0.1) is 0 Å². The minimum absolute atomic E-state index is 0.0543. The van der Waals surface area contributed by atoms with Crippen LogP contribution in [0.1, 0.15) is 46.9 Å². The van der Waals surface area contributed by atoms with Crippen LogP contribution in [-0.2, 0) is 21.9 Å². The lowest BCUT2D eigenvalue weighted by molar-refractivity contribution is -0.143. The molecule has 0 radical (unpaired) electrons. The first-order valence-corrected chi connectivity index (χ1v) is 11.2. The lowest BCUT2D eigenvalue weighted by Gasteiger charge is -2.35. The molecule has 0 fully saturated rings. The zero-order valence-corrected chi connectivity index (χ0v) is 20.5. The topological polar surface area (TPSA) is 70.7 Å². The zero-order valence-electron chi connectivity index (χ0n) is 19.7. The highest BCUT2D eigenvalue weighted by molar-refractivity contribution is 7.80. The van der Waals surface area contributed by atoms with E-state index in [1.165, 1.54) is 24.3 Å². The van der Waals surface area contributed by atoms with Gasteiger partial charge < -0.3 is 20.3 Å². The average molecular weight is 546 g/mol. The molecule has 1 atom stereocenters. The molecule has 1 amide bonds. The standard InChI is InChI=1S/C24H21F6N3O3S/c1-4-36-21(35)18-12(2)33(3)22(37)32-19(18)13-5-7-17(8-6-13)31-20(34)14-9-15(23(25,26)27)11-16(10-14)24(28,29)30/h5-11,19H,4H2,1-3H3,(H,31,34)(H,32,37)/t19-/m0/s1. The SMILES string of the molecule is CCOC(=O)C1=C(C)N(C)C(=S)N[C@H]1c1ccc(NC(=O)c2cc(C(F)(F)F)cc(C(F)(F)F)c2)cc1. The van der Waals surface area contributed by atoms with E-state index < -0.39 is 47.0 Å². The summed E-state index contributed by atoms with van der Waals surface area (Å²) in [4.78, 5) is 26.8. The monoisotopic (exact) mass is 545 g/mol. The molecule has 0 saturated heterocycles. The lowest BCUT2D eigenvalue weighted by Crippen LogP contribution is -2.46. The van der Waals surface area contributed by atoms with Gasteiger partial charge in [-0.05, 0) is 62.0 Å². The number of allylic oxidation sites excluding steroid dienone is 1. The summed E-state index contributed by atoms with van der Waals surface area (Å²) < 4.78 is 83.8. The van der Waals surface area contributed by atoms with E-state index in [0.717, 1.165) is 0 Å². The molecule has 0 bridgehead atoms. The second kappa shape index (κ2) is 10.4. The van der Waals surface area contributed by atoms with Crippen LogP contribution in [0.4, 0.5) is 32.0 Å². The van der Waals surface area contributed by atoms with Crippen molar-refractivity contribution in [1.82, 2.24) is 10.2 Å². The number of anilines is 1. The third-order valence-corrected chi connectivity index (χ3v) is 5.99. The van der Waals surface area contributed by atoms with Gasteiger partial charge in [-0.1, -0.05) is 12.1 Å². The van der Waals surface area contributed by atoms with E-state index in [9.17, 15) is 35.9 Å². The second-order valence-corrected chi connectivity index (χ2v) is 8.42. The summed E-state index contributed by atoms with van der Waals surface area (Å²) in [6.45, 7) is 3.51. The molecule has 1 aliphatic rings. The lowest BCUT2D eigenvalue weighted by atomic mass is 9.95. The van der Waals surface area contributed by atoms with E-state index in [1.54, 1.807) is 25.8 Å². The van der Waals surface area contributed by atoms with E-state index in [4.69, 9.17) is 17.0 Å². The van der Waals surface area contributed by atoms with Crippen LogP contribution in [0.5, 0.6) is 0 Å². The van der Waals surface area contributed by atoms with Crippen molar-refractivity contribution in [2.24, 2.45) is 0 Å². The Kier molecular flexibility index (Phi) is 7.86. The number of alkyl halides is 6. The van der Waals surface area contributed by atoms with Crippen molar-refractivity contribution in [2.45, 2.75) is 32.2 Å². The Hall–Kier alpha value is -3.61. The predicted octanol–water partition coefficient (Wildman–Crippen LogP) is 5.67. The van der Waals surface area contributed by atoms with Crippen molar-refractivity contribution in [3.63, 3.8) is 0 Å². The number of thiocarbonyl (C=S) groups is 1. The summed E-state index contributed by atoms with van der Waals surface area (Å²) in [6, 6.07) is 5.80. The number of hydrogen-bond donors (Lipinski definition) is 2. The van der Waals surface area contributed by atoms with Crippen molar-refractivity contribution in [2.75, 3.05) is 19.0 Å². The number of halogens is 6. The highest BCUT2D eigenvalue weighted by atomic mass is 32.1. The summed E-state index contributed by atoms with van der Waals surface area (Å²) in [5.41, 5.74) is -2.48. The van der Waals surface area contributed by atoms with E-state index in [-0.39, 0.29) is 18.4 Å². The van der Waals surface area contributed by atoms with Crippen LogP contribution < -0.4 is 10.6 Å². The maximum absolute atomic E-state index is 13.1. The first-order chi connectivity index (χ1) is 17.1. The average Bonchev–Trinajstić information content (AvgIpc) is 2.81. The van der Waals surface area contributed by atoms with Gasteiger partial charge in [0.25, 0.3) is 5.91 Å². The van der Waals surface area contributed by atoms with Gasteiger partial charge in [-0.2, -0.15) is 26.3 Å². The number of ether oxygens (including phenoxy) is 1. The van der Waals surface area contributed by atoms with Crippen LogP contribution >= 0.6 is 12.2 Å². The molecule has 3 rings (SSSR count). The van der Waals surface area contributed by atoms with Crippen LogP contribution in [0.25, 0.3) is 0 Å². The minimum atomic E-state index is -5.08. The van der Waals surface area contributed by atoms with Gasteiger partial charge >= 0.3 is 18.3 Å². The summed E-state index contributed by atoms with van der Waals surface area (Å²) in [5.74, 6) is -1.72. The summed E-state index contributed by atoms with van der Waals surface area (Å²) in [5, 5.41) is 5.67. The number of nitrogens with one attached hydrogen (secondary N) is 2. The molecular weight excluding hydrogens is 524 g/mol. The van der Waals surface area contributed by atoms with Gasteiger partial charge in [-0.3, -0.25) is 4.79 Å². The van der Waals surface area contributed by atoms with Crippen LogP contribution in [0.15, 0.2) is 53.7 Å². The smallest absolute Gasteiger partial charge is 0.416 e. The fraction of sp³-hybridized carbons (Fsp3) is 0.292. The Balaban J connectivity index is 1.89. The summed E-state index contributed by atoms with van der Waals surface area (Å²) >= 11 is 5.31. The Morgan fingerprint density at radius 2 is 1.57 bits per heavy atom. The highest BCUT2D eigenvalue weighted by Gasteiger charge is 2.38. The molecule has 198 valence electrons. The first-order valence-electron chi connectivity index (χ1n) is 10.8. The maximum Gasteiger partial charge on any atom is 0.416 e. The van der Waals surface area contributed by atoms with Crippen molar-refractivity contribution in [1.29, 1.82) is 0 Å². The first kappa shape index (κ1) is 28.0. The molecular formula is C24H21F6N3O3S. The highest BCUT2D eigenvalue weighted by Crippen LogP contribution is 2.37. The van der Waals surface area contributed by atoms with Gasteiger partial charge in [0.05, 0.1) is 29.3 Å². The third-order valence-electron chi connectivity index (χ3n) is 5.60. The molecule has 2 aromatic rings. The van der Waals surface area contributed by atoms with E-state index in [2.05, 4.69) is 10.6 Å². The van der Waals surface area contributed by atoms with Crippen LogP contribution in [-0.4, -0.2) is 35.5 Å². The van der Waals surface area contributed by atoms with E-state index in [1.807, 2.05) is 0 Å². The molecule has 0 unspecified atom stereocenters. The van der Waals surface area contributed by atoms with E-state index in [0.29, 0.717) is 34.1 Å². The third kappa shape index (κ3) is 6.21. The van der Waals surface area contributed by atoms with Crippen LogP contribution in [0, 0.1) is 0 Å². The molecule has 1 heterocycles. The molecule has 13 heteroatoms. The minimum Gasteiger partial charge on any atom is -0.463 e. The molecule has 1 aliphatic heterocycles. The molecule has 0 saturated carbocycles. The summed E-state index contributed by atoms with van der Waals surface area (Å²) in [6.07, 6.45) is -10.2. The second-order valence-electron chi connectivity index (χ2n) is 8.03.